The Morgan fingerprint density at radius 2 is 1.97 bits per heavy atom. The first kappa shape index (κ1) is 22.4. The Balaban J connectivity index is 1.17. The summed E-state index contributed by atoms with van der Waals surface area (Å²) in [5.74, 6) is -0.155. The molecule has 10 heteroatoms. The number of hydrogen-bond donors (Lipinski definition) is 2. The molecule has 0 aliphatic carbocycles. The summed E-state index contributed by atoms with van der Waals surface area (Å²) in [7, 11) is 0. The van der Waals surface area contributed by atoms with Crippen molar-refractivity contribution in [2.24, 2.45) is 0 Å². The molecule has 1 aliphatic heterocycles. The smallest absolute Gasteiger partial charge is 0.328 e. The van der Waals surface area contributed by atoms with Gasteiger partial charge < -0.3 is 14.8 Å². The van der Waals surface area contributed by atoms with Crippen LogP contribution >= 0.6 is 11.3 Å². The number of nitrogens with zero attached hydrogens (tertiary/aromatic N) is 3. The zero-order valence-corrected chi connectivity index (χ0v) is 20.3. The first-order chi connectivity index (χ1) is 17.5. The van der Waals surface area contributed by atoms with Gasteiger partial charge in [-0.15, -0.1) is 11.3 Å². The second-order valence-electron chi connectivity index (χ2n) is 8.70. The Labute approximate surface area is 209 Å². The molecule has 36 heavy (non-hydrogen) atoms. The molecule has 1 saturated heterocycles. The number of ether oxygens (including phenoxy) is 2. The van der Waals surface area contributed by atoms with Crippen molar-refractivity contribution in [3.63, 3.8) is 0 Å². The summed E-state index contributed by atoms with van der Waals surface area (Å²) in [5.41, 5.74) is 2.22. The number of anilines is 1. The minimum Gasteiger partial charge on any atom is -0.452 e. The molecule has 2 atom stereocenters. The minimum atomic E-state index is -0.541. The van der Waals surface area contributed by atoms with Crippen LogP contribution in [0, 0.1) is 5.82 Å². The van der Waals surface area contributed by atoms with Gasteiger partial charge >= 0.3 is 5.69 Å². The average Bonchev–Trinajstić information content (AvgIpc) is 3.29. The molecule has 0 bridgehead atoms. The van der Waals surface area contributed by atoms with Crippen molar-refractivity contribution in [1.29, 1.82) is 0 Å². The topological polar surface area (TPSA) is 97.4 Å². The minimum absolute atomic E-state index is 0.0419. The molecule has 182 valence electrons. The molecular formula is C26H22FN5O3S. The number of benzene rings is 2. The van der Waals surface area contributed by atoms with Gasteiger partial charge in [-0.3, -0.25) is 9.55 Å². The zero-order chi connectivity index (χ0) is 24.8. The molecule has 0 radical (unpaired) electrons. The highest BCUT2D eigenvalue weighted by atomic mass is 32.1. The highest BCUT2D eigenvalue weighted by molar-refractivity contribution is 7.15. The van der Waals surface area contributed by atoms with Gasteiger partial charge in [-0.1, -0.05) is 30.3 Å². The van der Waals surface area contributed by atoms with E-state index in [1.165, 1.54) is 12.3 Å². The third-order valence-electron chi connectivity index (χ3n) is 5.87. The number of thiazole rings is 1. The van der Waals surface area contributed by atoms with Gasteiger partial charge in [-0.05, 0) is 26.0 Å². The van der Waals surface area contributed by atoms with Gasteiger partial charge in [0.15, 0.2) is 29.2 Å². The molecular weight excluding hydrogens is 481 g/mol. The van der Waals surface area contributed by atoms with E-state index in [9.17, 15) is 9.18 Å². The van der Waals surface area contributed by atoms with E-state index >= 15 is 0 Å². The highest BCUT2D eigenvalue weighted by Gasteiger charge is 2.42. The van der Waals surface area contributed by atoms with Crippen molar-refractivity contribution in [3.8, 4) is 22.1 Å². The van der Waals surface area contributed by atoms with Crippen molar-refractivity contribution in [3.05, 3.63) is 88.2 Å². The average molecular weight is 504 g/mol. The maximum atomic E-state index is 15.0. The third-order valence-corrected chi connectivity index (χ3v) is 6.97. The van der Waals surface area contributed by atoms with Gasteiger partial charge in [0.05, 0.1) is 4.88 Å². The number of hydrogen-bond acceptors (Lipinski definition) is 7. The summed E-state index contributed by atoms with van der Waals surface area (Å²) in [5, 5.41) is 4.14. The Morgan fingerprint density at radius 1 is 1.14 bits per heavy atom. The van der Waals surface area contributed by atoms with Crippen LogP contribution in [0.4, 0.5) is 10.1 Å². The number of epoxide rings is 1. The lowest BCUT2D eigenvalue weighted by atomic mass is 10.2. The van der Waals surface area contributed by atoms with E-state index in [1.54, 1.807) is 34.1 Å². The predicted octanol–water partition coefficient (Wildman–Crippen LogP) is 5.87. The molecule has 6 rings (SSSR count). The van der Waals surface area contributed by atoms with Crippen LogP contribution in [0.3, 0.4) is 0 Å². The third kappa shape index (κ3) is 4.14. The maximum Gasteiger partial charge on any atom is 0.328 e. The molecule has 1 aliphatic rings. The quantitative estimate of drug-likeness (QED) is 0.270. The standard InChI is InChI=1S/C26H22FN5O3S/c1-14(2)32-21-19(10-11-28-23(21)31-26(32)33)34-18-9-8-16(12-17(18)27)30-24-22(35-24)20-13-29-25(36-20)15-6-4-3-5-7-15/h3-14,22,24,30H,1-2H3,(H,28,31,33). The molecule has 2 aromatic carbocycles. The number of nitrogens with one attached hydrogen (secondary N) is 2. The fourth-order valence-corrected chi connectivity index (χ4v) is 5.11. The van der Waals surface area contributed by atoms with Gasteiger partial charge in [0.2, 0.25) is 0 Å². The molecule has 0 spiro atoms. The van der Waals surface area contributed by atoms with Gasteiger partial charge in [0.1, 0.15) is 16.6 Å². The number of pyridine rings is 1. The largest absolute Gasteiger partial charge is 0.452 e. The van der Waals surface area contributed by atoms with Gasteiger partial charge in [0.25, 0.3) is 0 Å². The summed E-state index contributed by atoms with van der Waals surface area (Å²) in [4.78, 5) is 24.7. The number of aromatic amines is 1. The van der Waals surface area contributed by atoms with Crippen molar-refractivity contribution in [2.75, 3.05) is 5.32 Å². The summed E-state index contributed by atoms with van der Waals surface area (Å²) < 4.78 is 28.2. The first-order valence-electron chi connectivity index (χ1n) is 11.5. The lowest BCUT2D eigenvalue weighted by Gasteiger charge is -2.12. The summed E-state index contributed by atoms with van der Waals surface area (Å²) in [6.07, 6.45) is 2.94. The number of imidazole rings is 1. The molecule has 3 aromatic heterocycles. The van der Waals surface area contributed by atoms with Crippen molar-refractivity contribution in [2.45, 2.75) is 32.2 Å². The van der Waals surface area contributed by atoms with Crippen LogP contribution in [0.1, 0.15) is 30.9 Å². The number of halogens is 1. The molecule has 5 aromatic rings. The molecule has 0 amide bonds. The summed E-state index contributed by atoms with van der Waals surface area (Å²) in [6.45, 7) is 3.77. The molecule has 4 heterocycles. The fourth-order valence-electron chi connectivity index (χ4n) is 4.13. The van der Waals surface area contributed by atoms with E-state index in [-0.39, 0.29) is 29.8 Å². The molecule has 8 nitrogen and oxygen atoms in total. The SMILES string of the molecule is CC(C)n1c(=O)[nH]c2nccc(Oc3ccc(NC4OC4c4cnc(-c5ccccc5)s4)cc3F)c21. The predicted molar refractivity (Wildman–Crippen MR) is 136 cm³/mol. The summed E-state index contributed by atoms with van der Waals surface area (Å²) >= 11 is 1.58. The van der Waals surface area contributed by atoms with E-state index in [0.29, 0.717) is 22.6 Å². The molecule has 2 N–H and O–H groups in total. The summed E-state index contributed by atoms with van der Waals surface area (Å²) in [6, 6.07) is 16.1. The lowest BCUT2D eigenvalue weighted by Crippen LogP contribution is -2.18. The van der Waals surface area contributed by atoms with Gasteiger partial charge in [0, 0.05) is 41.8 Å². The number of aromatic nitrogens is 4. The van der Waals surface area contributed by atoms with Crippen LogP contribution < -0.4 is 15.7 Å². The maximum absolute atomic E-state index is 15.0. The monoisotopic (exact) mass is 503 g/mol. The van der Waals surface area contributed by atoms with Gasteiger partial charge in [-0.25, -0.2) is 19.2 Å². The second-order valence-corrected chi connectivity index (χ2v) is 9.77. The first-order valence-corrected chi connectivity index (χ1v) is 12.3. The molecule has 1 fully saturated rings. The van der Waals surface area contributed by atoms with E-state index in [4.69, 9.17) is 9.47 Å². The second kappa shape index (κ2) is 8.89. The van der Waals surface area contributed by atoms with Crippen LogP contribution in [0.15, 0.2) is 71.8 Å². The van der Waals surface area contributed by atoms with E-state index in [0.717, 1.165) is 15.4 Å². The highest BCUT2D eigenvalue weighted by Crippen LogP contribution is 2.43. The van der Waals surface area contributed by atoms with Crippen LogP contribution in [-0.2, 0) is 4.74 Å². The van der Waals surface area contributed by atoms with Gasteiger partial charge in [-0.2, -0.15) is 0 Å². The molecule has 2 unspecified atom stereocenters. The Morgan fingerprint density at radius 3 is 2.75 bits per heavy atom. The number of H-pyrrole nitrogens is 1. The van der Waals surface area contributed by atoms with Crippen LogP contribution in [0.5, 0.6) is 11.5 Å². The Kier molecular flexibility index (Phi) is 5.54. The number of fused-ring (bicyclic) bond motifs is 1. The molecule has 0 saturated carbocycles. The number of rotatable bonds is 7. The zero-order valence-electron chi connectivity index (χ0n) is 19.4. The van der Waals surface area contributed by atoms with Crippen molar-refractivity contribution >= 4 is 28.2 Å². The van der Waals surface area contributed by atoms with E-state index in [1.807, 2.05) is 50.4 Å². The lowest BCUT2D eigenvalue weighted by molar-refractivity contribution is 0.388. The van der Waals surface area contributed by atoms with Crippen LogP contribution in [0.2, 0.25) is 0 Å². The van der Waals surface area contributed by atoms with E-state index in [2.05, 4.69) is 20.3 Å². The van der Waals surface area contributed by atoms with Crippen molar-refractivity contribution < 1.29 is 13.9 Å². The van der Waals surface area contributed by atoms with E-state index < -0.39 is 5.82 Å². The normalized spacial score (nSPS) is 17.0. The Hall–Kier alpha value is -4.02. The van der Waals surface area contributed by atoms with Crippen molar-refractivity contribution in [1.82, 2.24) is 19.5 Å². The van der Waals surface area contributed by atoms with Crippen LogP contribution in [0.25, 0.3) is 21.7 Å². The van der Waals surface area contributed by atoms with Crippen LogP contribution in [-0.4, -0.2) is 25.7 Å². The Bertz CT molecular complexity index is 1610. The fraction of sp³-hybridized carbons (Fsp3) is 0.192.